The van der Waals surface area contributed by atoms with Crippen molar-refractivity contribution in [2.24, 2.45) is 0 Å². The molecule has 0 saturated heterocycles. The van der Waals surface area contributed by atoms with Gasteiger partial charge in [-0.3, -0.25) is 0 Å². The number of nitrogens with zero attached hydrogens (tertiary/aromatic N) is 1. The average molecular weight is 188 g/mol. The van der Waals surface area contributed by atoms with Crippen molar-refractivity contribution in [3.63, 3.8) is 0 Å². The molecule has 0 heterocycles. The van der Waals surface area contributed by atoms with Gasteiger partial charge in [-0.1, -0.05) is 20.8 Å². The summed E-state index contributed by atoms with van der Waals surface area (Å²) in [5.41, 5.74) is 9.75. The molecular weight excluding hydrogens is 164 g/mol. The molecule has 4 heteroatoms. The predicted molar refractivity (Wildman–Crippen MR) is 56.7 cm³/mol. The molecule has 0 saturated carbocycles. The predicted octanol–water partition coefficient (Wildman–Crippen LogP) is 1.03. The Hall–Kier alpha value is -0.160. The van der Waals surface area contributed by atoms with Gasteiger partial charge in [0.2, 0.25) is 0 Å². The Kier molecular flexibility index (Phi) is 9.80. The van der Waals surface area contributed by atoms with E-state index in [0.29, 0.717) is 0 Å². The zero-order valence-electron chi connectivity index (χ0n) is 9.19. The van der Waals surface area contributed by atoms with Crippen LogP contribution in [-0.2, 0) is 0 Å². The lowest BCUT2D eigenvalue weighted by molar-refractivity contribution is 0.0485. The highest BCUT2D eigenvalue weighted by atomic mass is 15.9. The summed E-state index contributed by atoms with van der Waals surface area (Å²) in [4.78, 5) is 0. The summed E-state index contributed by atoms with van der Waals surface area (Å²) in [7, 11) is 0. The van der Waals surface area contributed by atoms with Crippen LogP contribution in [0, 0.1) is 0 Å². The third kappa shape index (κ3) is 8.18. The van der Waals surface area contributed by atoms with E-state index in [1.807, 2.05) is 5.23 Å². The summed E-state index contributed by atoms with van der Waals surface area (Å²) in [6.07, 6.45) is 3.41. The molecular formula is C9H24N4. The van der Waals surface area contributed by atoms with Gasteiger partial charge in [0.05, 0.1) is 0 Å². The normalized spacial score (nSPS) is 11.1. The molecule has 0 amide bonds. The summed E-state index contributed by atoms with van der Waals surface area (Å²) in [5.74, 6) is 0. The number of nitrogens with one attached hydrogen (secondary N) is 3. The van der Waals surface area contributed by atoms with Gasteiger partial charge < -0.3 is 0 Å². The minimum atomic E-state index is 0.993. The van der Waals surface area contributed by atoms with Crippen LogP contribution in [-0.4, -0.2) is 24.9 Å². The summed E-state index contributed by atoms with van der Waals surface area (Å²) in [5, 5.41) is 1.89. The van der Waals surface area contributed by atoms with E-state index in [0.717, 1.165) is 38.9 Å². The van der Waals surface area contributed by atoms with Crippen molar-refractivity contribution in [2.75, 3.05) is 19.6 Å². The summed E-state index contributed by atoms with van der Waals surface area (Å²) in [6.45, 7) is 9.45. The third-order valence-corrected chi connectivity index (χ3v) is 1.56. The fraction of sp³-hybridized carbons (Fsp3) is 1.00. The maximum absolute atomic E-state index is 3.25. The number of rotatable bonds is 9. The Labute approximate surface area is 82.0 Å². The van der Waals surface area contributed by atoms with Crippen molar-refractivity contribution in [1.82, 2.24) is 21.5 Å². The fourth-order valence-electron chi connectivity index (χ4n) is 0.839. The summed E-state index contributed by atoms with van der Waals surface area (Å²) >= 11 is 0. The van der Waals surface area contributed by atoms with E-state index in [1.54, 1.807) is 0 Å². The summed E-state index contributed by atoms with van der Waals surface area (Å²) in [6, 6.07) is 0. The van der Waals surface area contributed by atoms with Crippen molar-refractivity contribution in [3.05, 3.63) is 0 Å². The van der Waals surface area contributed by atoms with Gasteiger partial charge in [-0.25, -0.2) is 16.3 Å². The van der Waals surface area contributed by atoms with Gasteiger partial charge in [-0.2, -0.15) is 0 Å². The lowest BCUT2D eigenvalue weighted by Gasteiger charge is -2.24. The van der Waals surface area contributed by atoms with Crippen LogP contribution < -0.4 is 16.3 Å². The molecule has 0 aliphatic carbocycles. The molecule has 0 aromatic carbocycles. The van der Waals surface area contributed by atoms with E-state index >= 15 is 0 Å². The highest BCUT2D eigenvalue weighted by Crippen LogP contribution is 1.77. The maximum Gasteiger partial charge on any atom is 0.0127 e. The maximum atomic E-state index is 3.25. The molecule has 0 rings (SSSR count). The lowest BCUT2D eigenvalue weighted by Crippen LogP contribution is -2.56. The first-order chi connectivity index (χ1) is 6.35. The molecule has 3 N–H and O–H groups in total. The molecule has 0 aromatic rings. The first-order valence-electron chi connectivity index (χ1n) is 5.35. The molecule has 0 radical (unpaired) electrons. The average Bonchev–Trinajstić information content (AvgIpc) is 2.17. The van der Waals surface area contributed by atoms with Crippen molar-refractivity contribution in [3.8, 4) is 0 Å². The van der Waals surface area contributed by atoms with Crippen molar-refractivity contribution >= 4 is 0 Å². The van der Waals surface area contributed by atoms with Gasteiger partial charge in [0.1, 0.15) is 0 Å². The van der Waals surface area contributed by atoms with Crippen molar-refractivity contribution < 1.29 is 0 Å². The SMILES string of the molecule is CCCNN(NCCC)NCCC. The molecule has 80 valence electrons. The molecule has 4 nitrogen and oxygen atoms in total. The Balaban J connectivity index is 3.47. The highest BCUT2D eigenvalue weighted by molar-refractivity contribution is 4.42. The van der Waals surface area contributed by atoms with E-state index in [-0.39, 0.29) is 0 Å². The van der Waals surface area contributed by atoms with Gasteiger partial charge in [0, 0.05) is 19.6 Å². The third-order valence-electron chi connectivity index (χ3n) is 1.56. The van der Waals surface area contributed by atoms with Crippen LogP contribution in [0.4, 0.5) is 0 Å². The van der Waals surface area contributed by atoms with Gasteiger partial charge >= 0.3 is 0 Å². The molecule has 0 aromatic heterocycles. The van der Waals surface area contributed by atoms with Crippen LogP contribution in [0.2, 0.25) is 0 Å². The Morgan fingerprint density at radius 1 is 0.692 bits per heavy atom. The van der Waals surface area contributed by atoms with E-state index in [9.17, 15) is 0 Å². The Morgan fingerprint density at radius 2 is 1.00 bits per heavy atom. The van der Waals surface area contributed by atoms with Crippen LogP contribution in [0.3, 0.4) is 0 Å². The van der Waals surface area contributed by atoms with Crippen molar-refractivity contribution in [2.45, 2.75) is 40.0 Å². The lowest BCUT2D eigenvalue weighted by atomic mass is 10.5. The van der Waals surface area contributed by atoms with E-state index in [1.165, 1.54) is 0 Å². The number of hydrogen-bond acceptors (Lipinski definition) is 4. The Bertz CT molecular complexity index is 78.6. The molecule has 0 spiro atoms. The van der Waals surface area contributed by atoms with Crippen LogP contribution in [0.15, 0.2) is 0 Å². The first kappa shape index (κ1) is 12.8. The molecule has 0 bridgehead atoms. The quantitative estimate of drug-likeness (QED) is 0.473. The minimum Gasteiger partial charge on any atom is -0.227 e. The van der Waals surface area contributed by atoms with Crippen LogP contribution in [0.1, 0.15) is 40.0 Å². The van der Waals surface area contributed by atoms with E-state index in [2.05, 4.69) is 37.0 Å². The zero-order valence-corrected chi connectivity index (χ0v) is 9.19. The largest absolute Gasteiger partial charge is 0.227 e. The second kappa shape index (κ2) is 9.92. The number of hydrazine groups is 3. The minimum absolute atomic E-state index is 0.993. The smallest absolute Gasteiger partial charge is 0.0127 e. The monoisotopic (exact) mass is 188 g/mol. The summed E-state index contributed by atoms with van der Waals surface area (Å²) < 4.78 is 0. The van der Waals surface area contributed by atoms with Crippen molar-refractivity contribution in [1.29, 1.82) is 0 Å². The molecule has 0 fully saturated rings. The molecule has 0 aliphatic heterocycles. The molecule has 0 unspecified atom stereocenters. The molecule has 0 atom stereocenters. The first-order valence-corrected chi connectivity index (χ1v) is 5.35. The standard InChI is InChI=1S/C9H24N4/c1-4-7-10-13(11-8-5-2)12-9-6-3/h10-12H,4-9H2,1-3H3. The molecule has 13 heavy (non-hydrogen) atoms. The second-order valence-corrected chi connectivity index (χ2v) is 3.06. The highest BCUT2D eigenvalue weighted by Gasteiger charge is 1.98. The zero-order chi connectivity index (χ0) is 9.94. The van der Waals surface area contributed by atoms with Crippen LogP contribution >= 0.6 is 0 Å². The fourth-order valence-corrected chi connectivity index (χ4v) is 0.839. The van der Waals surface area contributed by atoms with Crippen LogP contribution in [0.5, 0.6) is 0 Å². The number of hydrogen-bond donors (Lipinski definition) is 3. The Morgan fingerprint density at radius 3 is 1.23 bits per heavy atom. The van der Waals surface area contributed by atoms with Crippen LogP contribution in [0.25, 0.3) is 0 Å². The van der Waals surface area contributed by atoms with Gasteiger partial charge in [0.25, 0.3) is 0 Å². The second-order valence-electron chi connectivity index (χ2n) is 3.06. The van der Waals surface area contributed by atoms with E-state index in [4.69, 9.17) is 0 Å². The topological polar surface area (TPSA) is 39.3 Å². The molecule has 0 aliphatic rings. The van der Waals surface area contributed by atoms with Gasteiger partial charge in [-0.15, -0.1) is 5.23 Å². The van der Waals surface area contributed by atoms with Gasteiger partial charge in [-0.05, 0) is 19.3 Å². The van der Waals surface area contributed by atoms with E-state index < -0.39 is 0 Å². The van der Waals surface area contributed by atoms with Gasteiger partial charge in [0.15, 0.2) is 0 Å².